The molecule has 0 aliphatic heterocycles. The zero-order valence-electron chi connectivity index (χ0n) is 20.2. The third kappa shape index (κ3) is 7.41. The van der Waals surface area contributed by atoms with E-state index in [0.717, 1.165) is 35.4 Å². The average Bonchev–Trinajstić information content (AvgIpc) is 3.27. The van der Waals surface area contributed by atoms with Gasteiger partial charge in [0.05, 0.1) is 12.0 Å². The third-order valence-electron chi connectivity index (χ3n) is 5.39. The summed E-state index contributed by atoms with van der Waals surface area (Å²) in [4.78, 5) is 47.4. The lowest BCUT2D eigenvalue weighted by Gasteiger charge is -2.09. The second kappa shape index (κ2) is 11.5. The number of H-pyrrole nitrogens is 1. The number of halogens is 3. The van der Waals surface area contributed by atoms with Crippen molar-refractivity contribution in [1.82, 2.24) is 15.0 Å². The molecule has 10 nitrogen and oxygen atoms in total. The van der Waals surface area contributed by atoms with E-state index in [2.05, 4.69) is 30.9 Å². The number of nitrogens with zero attached hydrogens (tertiary/aromatic N) is 2. The molecule has 4 aromatic rings. The molecular weight excluding hydrogens is 515 g/mol. The Balaban J connectivity index is 1.37. The second-order valence-electron chi connectivity index (χ2n) is 8.39. The summed E-state index contributed by atoms with van der Waals surface area (Å²) in [5.41, 5.74) is 6.57. The number of primary amides is 1. The van der Waals surface area contributed by atoms with Crippen molar-refractivity contribution in [2.45, 2.75) is 19.0 Å². The van der Waals surface area contributed by atoms with Crippen molar-refractivity contribution in [3.05, 3.63) is 101 Å². The number of amides is 4. The largest absolute Gasteiger partial charge is 0.416 e. The van der Waals surface area contributed by atoms with E-state index in [9.17, 15) is 27.6 Å². The fourth-order valence-electron chi connectivity index (χ4n) is 3.59. The zero-order valence-corrected chi connectivity index (χ0v) is 20.2. The third-order valence-corrected chi connectivity index (χ3v) is 5.39. The number of aromatic amines is 1. The van der Waals surface area contributed by atoms with Crippen LogP contribution in [0.2, 0.25) is 0 Å². The lowest BCUT2D eigenvalue weighted by Crippen LogP contribution is -2.22. The van der Waals surface area contributed by atoms with E-state index < -0.39 is 23.7 Å². The molecule has 0 spiro atoms. The highest BCUT2D eigenvalue weighted by molar-refractivity contribution is 6.04. The average molecular weight is 538 g/mol. The van der Waals surface area contributed by atoms with E-state index in [0.29, 0.717) is 11.5 Å². The summed E-state index contributed by atoms with van der Waals surface area (Å²) >= 11 is 0. The Morgan fingerprint density at radius 3 is 2.15 bits per heavy atom. The van der Waals surface area contributed by atoms with Gasteiger partial charge in [0.25, 0.3) is 5.91 Å². The van der Waals surface area contributed by atoms with Crippen LogP contribution in [0.15, 0.2) is 73.1 Å². The Labute approximate surface area is 219 Å². The molecule has 2 aromatic heterocycles. The number of carbonyl (C=O) groups is 3. The van der Waals surface area contributed by atoms with Gasteiger partial charge >= 0.3 is 12.2 Å². The van der Waals surface area contributed by atoms with Gasteiger partial charge < -0.3 is 21.4 Å². The lowest BCUT2D eigenvalue weighted by atomic mass is 10.1. The summed E-state index contributed by atoms with van der Waals surface area (Å²) in [6.07, 6.45) is -0.832. The summed E-state index contributed by atoms with van der Waals surface area (Å²) in [5.74, 6) is -0.838. The van der Waals surface area contributed by atoms with Gasteiger partial charge in [0, 0.05) is 30.2 Å². The molecule has 0 fully saturated rings. The number of aromatic nitrogens is 3. The van der Waals surface area contributed by atoms with Crippen LogP contribution in [0.1, 0.15) is 33.0 Å². The molecule has 4 rings (SSSR count). The first-order valence-corrected chi connectivity index (χ1v) is 11.5. The predicted molar refractivity (Wildman–Crippen MR) is 137 cm³/mol. The molecule has 0 saturated heterocycles. The van der Waals surface area contributed by atoms with Crippen LogP contribution in [0.3, 0.4) is 0 Å². The molecule has 2 aromatic carbocycles. The zero-order chi connectivity index (χ0) is 28.0. The molecule has 0 saturated carbocycles. The van der Waals surface area contributed by atoms with Crippen molar-refractivity contribution < 1.29 is 27.6 Å². The van der Waals surface area contributed by atoms with Crippen LogP contribution in [-0.2, 0) is 23.8 Å². The molecule has 0 radical (unpaired) electrons. The number of urea groups is 1. The number of benzene rings is 2. The molecular formula is C26H22F3N7O3. The van der Waals surface area contributed by atoms with Gasteiger partial charge in [0.2, 0.25) is 5.91 Å². The Hall–Kier alpha value is -5.20. The number of anilines is 3. The number of nitrogens with two attached hydrogens (primary N) is 1. The SMILES string of the molecule is NC(=O)c1nc(Cc2ccc(NC(=O)Cc3cccnc3)cc2)[nH]c1NC(=O)Nc1ccc(C(F)(F)F)cc1. The van der Waals surface area contributed by atoms with E-state index in [1.807, 2.05) is 0 Å². The number of pyridine rings is 1. The minimum atomic E-state index is -4.50. The van der Waals surface area contributed by atoms with Crippen molar-refractivity contribution in [2.24, 2.45) is 5.73 Å². The molecule has 0 aliphatic rings. The van der Waals surface area contributed by atoms with Gasteiger partial charge in [0.15, 0.2) is 5.69 Å². The van der Waals surface area contributed by atoms with Gasteiger partial charge in [-0.25, -0.2) is 9.78 Å². The predicted octanol–water partition coefficient (Wildman–Crippen LogP) is 4.34. The number of hydrogen-bond donors (Lipinski definition) is 5. The van der Waals surface area contributed by atoms with Gasteiger partial charge in [-0.05, 0) is 53.6 Å². The molecule has 13 heteroatoms. The fourth-order valence-corrected chi connectivity index (χ4v) is 3.59. The maximum atomic E-state index is 12.7. The Morgan fingerprint density at radius 2 is 1.54 bits per heavy atom. The van der Waals surface area contributed by atoms with Crippen molar-refractivity contribution in [3.63, 3.8) is 0 Å². The first-order chi connectivity index (χ1) is 18.6. The van der Waals surface area contributed by atoms with Gasteiger partial charge in [-0.1, -0.05) is 18.2 Å². The Kier molecular flexibility index (Phi) is 7.89. The first-order valence-electron chi connectivity index (χ1n) is 11.5. The second-order valence-corrected chi connectivity index (χ2v) is 8.39. The fraction of sp³-hybridized carbons (Fsp3) is 0.115. The van der Waals surface area contributed by atoms with E-state index in [4.69, 9.17) is 5.73 Å². The normalized spacial score (nSPS) is 11.1. The quantitative estimate of drug-likeness (QED) is 0.226. The number of rotatable bonds is 8. The number of alkyl halides is 3. The molecule has 0 aliphatic carbocycles. The van der Waals surface area contributed by atoms with Crippen LogP contribution in [-0.4, -0.2) is 32.8 Å². The summed E-state index contributed by atoms with van der Waals surface area (Å²) in [7, 11) is 0. The minimum absolute atomic E-state index is 0.0683. The first kappa shape index (κ1) is 26.9. The molecule has 0 unspecified atom stereocenters. The minimum Gasteiger partial charge on any atom is -0.364 e. The maximum Gasteiger partial charge on any atom is 0.416 e. The molecule has 39 heavy (non-hydrogen) atoms. The van der Waals surface area contributed by atoms with Gasteiger partial charge in [-0.3, -0.25) is 19.9 Å². The van der Waals surface area contributed by atoms with Crippen molar-refractivity contribution >= 4 is 35.0 Å². The summed E-state index contributed by atoms with van der Waals surface area (Å²) < 4.78 is 38.2. The number of carbonyl (C=O) groups excluding carboxylic acids is 3. The van der Waals surface area contributed by atoms with Gasteiger partial charge in [0.1, 0.15) is 11.6 Å². The highest BCUT2D eigenvalue weighted by atomic mass is 19.4. The van der Waals surface area contributed by atoms with Crippen LogP contribution in [0.25, 0.3) is 0 Å². The van der Waals surface area contributed by atoms with Crippen molar-refractivity contribution in [3.8, 4) is 0 Å². The number of hydrogen-bond acceptors (Lipinski definition) is 5. The lowest BCUT2D eigenvalue weighted by molar-refractivity contribution is -0.137. The highest BCUT2D eigenvalue weighted by Gasteiger charge is 2.30. The molecule has 0 atom stereocenters. The molecule has 200 valence electrons. The Morgan fingerprint density at radius 1 is 0.872 bits per heavy atom. The van der Waals surface area contributed by atoms with E-state index in [-0.39, 0.29) is 35.9 Å². The molecule has 2 heterocycles. The van der Waals surface area contributed by atoms with Crippen molar-refractivity contribution in [1.29, 1.82) is 0 Å². The van der Waals surface area contributed by atoms with Crippen LogP contribution < -0.4 is 21.7 Å². The summed E-state index contributed by atoms with van der Waals surface area (Å²) in [6, 6.07) is 13.5. The molecule has 0 bridgehead atoms. The van der Waals surface area contributed by atoms with E-state index in [1.54, 1.807) is 48.8 Å². The van der Waals surface area contributed by atoms with E-state index in [1.165, 1.54) is 0 Å². The van der Waals surface area contributed by atoms with E-state index >= 15 is 0 Å². The maximum absolute atomic E-state index is 12.7. The van der Waals surface area contributed by atoms with Gasteiger partial charge in [-0.2, -0.15) is 13.2 Å². The Bertz CT molecular complexity index is 1470. The van der Waals surface area contributed by atoms with Gasteiger partial charge in [-0.15, -0.1) is 0 Å². The number of imidazole rings is 1. The van der Waals surface area contributed by atoms with Crippen LogP contribution in [0.4, 0.5) is 35.2 Å². The highest BCUT2D eigenvalue weighted by Crippen LogP contribution is 2.29. The smallest absolute Gasteiger partial charge is 0.364 e. The number of nitrogens with one attached hydrogen (secondary N) is 4. The molecule has 6 N–H and O–H groups in total. The van der Waals surface area contributed by atoms with Crippen LogP contribution in [0, 0.1) is 0 Å². The standard InChI is InChI=1S/C26H22F3N7O3/c27-26(28,29)17-5-9-19(10-6-17)33-25(39)36-24-22(23(30)38)34-20(35-24)12-15-3-7-18(8-4-15)32-21(37)13-16-2-1-11-31-14-16/h1-11,14H,12-13H2,(H2,30,38)(H,32,37)(H,34,35)(H2,33,36,39). The molecule has 4 amide bonds. The van der Waals surface area contributed by atoms with Crippen LogP contribution in [0.5, 0.6) is 0 Å². The monoisotopic (exact) mass is 537 g/mol. The van der Waals surface area contributed by atoms with Crippen molar-refractivity contribution in [2.75, 3.05) is 16.0 Å². The summed E-state index contributed by atoms with van der Waals surface area (Å²) in [5, 5.41) is 7.57. The summed E-state index contributed by atoms with van der Waals surface area (Å²) in [6.45, 7) is 0. The van der Waals surface area contributed by atoms with Crippen LogP contribution >= 0.6 is 0 Å². The topological polar surface area (TPSA) is 155 Å².